The van der Waals surface area contributed by atoms with Gasteiger partial charge in [0.2, 0.25) is 5.91 Å². The predicted molar refractivity (Wildman–Crippen MR) is 82.9 cm³/mol. The van der Waals surface area contributed by atoms with Gasteiger partial charge in [0.05, 0.1) is 0 Å². The molecule has 23 heavy (non-hydrogen) atoms. The minimum absolute atomic E-state index is 0.0157. The van der Waals surface area contributed by atoms with Crippen molar-refractivity contribution in [2.24, 2.45) is 0 Å². The normalized spacial score (nSPS) is 9.96. The molecule has 0 radical (unpaired) electrons. The first-order valence-electron chi connectivity index (χ1n) is 7.14. The fourth-order valence-electron chi connectivity index (χ4n) is 1.85. The summed E-state index contributed by atoms with van der Waals surface area (Å²) in [6.45, 7) is -0.389. The molecule has 0 spiro atoms. The molecule has 0 heterocycles. The van der Waals surface area contributed by atoms with Gasteiger partial charge in [-0.05, 0) is 24.1 Å². The third-order valence-corrected chi connectivity index (χ3v) is 3.02. The van der Waals surface area contributed by atoms with Gasteiger partial charge in [-0.2, -0.15) is 0 Å². The number of ether oxygens (including phenoxy) is 1. The summed E-state index contributed by atoms with van der Waals surface area (Å²) in [5.74, 6) is -1.44. The molecule has 2 rings (SSSR count). The minimum atomic E-state index is -0.568. The molecule has 5 nitrogen and oxygen atoms in total. The molecule has 0 aliphatic carbocycles. The minimum Gasteiger partial charge on any atom is -0.481 e. The fraction of sp³-hybridized carbons (Fsp3) is 0.176. The summed E-state index contributed by atoms with van der Waals surface area (Å²) in [5, 5.41) is 0. The van der Waals surface area contributed by atoms with E-state index < -0.39 is 11.7 Å². The lowest BCUT2D eigenvalue weighted by molar-refractivity contribution is -0.130. The van der Waals surface area contributed by atoms with Crippen LogP contribution < -0.4 is 15.6 Å². The molecule has 0 aromatic heterocycles. The van der Waals surface area contributed by atoms with E-state index in [1.165, 1.54) is 18.2 Å². The molecule has 0 unspecified atom stereocenters. The van der Waals surface area contributed by atoms with Gasteiger partial charge < -0.3 is 4.74 Å². The van der Waals surface area contributed by atoms with E-state index in [0.29, 0.717) is 6.42 Å². The molecular weight excluding hydrogens is 299 g/mol. The maximum absolute atomic E-state index is 13.3. The molecule has 2 amide bonds. The summed E-state index contributed by atoms with van der Waals surface area (Å²) >= 11 is 0. The summed E-state index contributed by atoms with van der Waals surface area (Å²) in [6.07, 6.45) is 0.826. The number of carbonyl (C=O) groups excluding carboxylic acids is 2. The number of benzene rings is 2. The van der Waals surface area contributed by atoms with Crippen molar-refractivity contribution in [2.45, 2.75) is 12.8 Å². The molecule has 0 saturated carbocycles. The lowest BCUT2D eigenvalue weighted by Crippen LogP contribution is -2.43. The third-order valence-electron chi connectivity index (χ3n) is 3.02. The Bertz CT molecular complexity index is 662. The molecule has 2 N–H and O–H groups in total. The topological polar surface area (TPSA) is 67.4 Å². The average molecular weight is 316 g/mol. The van der Waals surface area contributed by atoms with Crippen LogP contribution >= 0.6 is 0 Å². The Morgan fingerprint density at radius 3 is 2.30 bits per heavy atom. The van der Waals surface area contributed by atoms with Gasteiger partial charge >= 0.3 is 0 Å². The van der Waals surface area contributed by atoms with Gasteiger partial charge in [0.15, 0.2) is 18.2 Å². The van der Waals surface area contributed by atoms with E-state index in [4.69, 9.17) is 4.74 Å². The molecule has 2 aromatic carbocycles. The van der Waals surface area contributed by atoms with Gasteiger partial charge in [0.25, 0.3) is 5.91 Å². The van der Waals surface area contributed by atoms with E-state index in [1.807, 2.05) is 30.3 Å². The van der Waals surface area contributed by atoms with Gasteiger partial charge in [-0.1, -0.05) is 42.5 Å². The fourth-order valence-corrected chi connectivity index (χ4v) is 1.85. The van der Waals surface area contributed by atoms with E-state index in [1.54, 1.807) is 6.07 Å². The van der Waals surface area contributed by atoms with Crippen molar-refractivity contribution in [3.63, 3.8) is 0 Å². The zero-order valence-corrected chi connectivity index (χ0v) is 12.4. The van der Waals surface area contributed by atoms with Crippen molar-refractivity contribution < 1.29 is 18.7 Å². The lowest BCUT2D eigenvalue weighted by atomic mass is 10.1. The second-order valence-corrected chi connectivity index (χ2v) is 4.80. The average Bonchev–Trinajstić information content (AvgIpc) is 2.58. The number of rotatable bonds is 6. The molecule has 120 valence electrons. The lowest BCUT2D eigenvalue weighted by Gasteiger charge is -2.09. The number of hydrazine groups is 1. The van der Waals surface area contributed by atoms with E-state index in [0.717, 1.165) is 5.56 Å². The number of nitrogens with one attached hydrogen (secondary N) is 2. The largest absolute Gasteiger partial charge is 0.481 e. The first-order chi connectivity index (χ1) is 11.1. The Morgan fingerprint density at radius 1 is 0.913 bits per heavy atom. The van der Waals surface area contributed by atoms with Crippen LogP contribution in [-0.2, 0) is 16.0 Å². The predicted octanol–water partition coefficient (Wildman–Crippen LogP) is 1.98. The van der Waals surface area contributed by atoms with Gasteiger partial charge in [-0.15, -0.1) is 0 Å². The SMILES string of the molecule is O=C(CCc1ccccc1)NNC(=O)COc1ccccc1F. The smallest absolute Gasteiger partial charge is 0.276 e. The first-order valence-corrected chi connectivity index (χ1v) is 7.14. The van der Waals surface area contributed by atoms with Crippen LogP contribution in [0.3, 0.4) is 0 Å². The van der Waals surface area contributed by atoms with Crippen LogP contribution in [0.25, 0.3) is 0 Å². The molecular formula is C17H17FN2O3. The standard InChI is InChI=1S/C17H17FN2O3/c18-14-8-4-5-9-15(14)23-12-17(22)20-19-16(21)11-10-13-6-2-1-3-7-13/h1-9H,10-12H2,(H,19,21)(H,20,22). The summed E-state index contributed by atoms with van der Waals surface area (Å²) in [7, 11) is 0. The van der Waals surface area contributed by atoms with Crippen molar-refractivity contribution in [3.8, 4) is 5.75 Å². The molecule has 6 heteroatoms. The zero-order chi connectivity index (χ0) is 16.5. The second kappa shape index (κ2) is 8.53. The second-order valence-electron chi connectivity index (χ2n) is 4.80. The highest BCUT2D eigenvalue weighted by Gasteiger charge is 2.08. The van der Waals surface area contributed by atoms with Crippen LogP contribution in [0.4, 0.5) is 4.39 Å². The van der Waals surface area contributed by atoms with E-state index in [-0.39, 0.29) is 24.7 Å². The quantitative estimate of drug-likeness (QED) is 0.801. The van der Waals surface area contributed by atoms with Gasteiger partial charge in [0.1, 0.15) is 0 Å². The number of halogens is 1. The Morgan fingerprint density at radius 2 is 1.57 bits per heavy atom. The first kappa shape index (κ1) is 16.5. The molecule has 0 atom stereocenters. The summed E-state index contributed by atoms with van der Waals surface area (Å²) in [6, 6.07) is 15.3. The van der Waals surface area contributed by atoms with Gasteiger partial charge in [-0.3, -0.25) is 20.4 Å². The van der Waals surface area contributed by atoms with E-state index >= 15 is 0 Å². The number of carbonyl (C=O) groups is 2. The highest BCUT2D eigenvalue weighted by molar-refractivity contribution is 5.82. The van der Waals surface area contributed by atoms with Crippen molar-refractivity contribution in [2.75, 3.05) is 6.61 Å². The highest BCUT2D eigenvalue weighted by Crippen LogP contribution is 2.14. The van der Waals surface area contributed by atoms with Crippen molar-refractivity contribution in [1.82, 2.24) is 10.9 Å². The molecule has 0 bridgehead atoms. The van der Waals surface area contributed by atoms with Gasteiger partial charge in [0, 0.05) is 6.42 Å². The van der Waals surface area contributed by atoms with E-state index in [9.17, 15) is 14.0 Å². The van der Waals surface area contributed by atoms with Crippen molar-refractivity contribution in [1.29, 1.82) is 0 Å². The maximum atomic E-state index is 13.3. The Kier molecular flexibility index (Phi) is 6.11. The Balaban J connectivity index is 1.66. The molecule has 2 aromatic rings. The number of hydrogen-bond donors (Lipinski definition) is 2. The van der Waals surface area contributed by atoms with Crippen LogP contribution in [0.5, 0.6) is 5.75 Å². The summed E-state index contributed by atoms with van der Waals surface area (Å²) in [4.78, 5) is 23.2. The van der Waals surface area contributed by atoms with Crippen LogP contribution in [0, 0.1) is 5.82 Å². The number of amides is 2. The molecule has 0 fully saturated rings. The van der Waals surface area contributed by atoms with Crippen molar-refractivity contribution in [3.05, 3.63) is 66.0 Å². The van der Waals surface area contributed by atoms with Crippen LogP contribution in [0.15, 0.2) is 54.6 Å². The number of para-hydroxylation sites is 1. The van der Waals surface area contributed by atoms with Crippen molar-refractivity contribution >= 4 is 11.8 Å². The molecule has 0 saturated heterocycles. The van der Waals surface area contributed by atoms with E-state index in [2.05, 4.69) is 10.9 Å². The third kappa shape index (κ3) is 5.78. The molecule has 0 aliphatic heterocycles. The number of aryl methyl sites for hydroxylation is 1. The number of hydrogen-bond acceptors (Lipinski definition) is 3. The van der Waals surface area contributed by atoms with Crippen LogP contribution in [0.2, 0.25) is 0 Å². The maximum Gasteiger partial charge on any atom is 0.276 e. The highest BCUT2D eigenvalue weighted by atomic mass is 19.1. The Hall–Kier alpha value is -2.89. The van der Waals surface area contributed by atoms with Crippen LogP contribution in [0.1, 0.15) is 12.0 Å². The summed E-state index contributed by atoms with van der Waals surface area (Å²) < 4.78 is 18.3. The monoisotopic (exact) mass is 316 g/mol. The summed E-state index contributed by atoms with van der Waals surface area (Å²) in [5.41, 5.74) is 5.55. The molecule has 0 aliphatic rings. The zero-order valence-electron chi connectivity index (χ0n) is 12.4. The van der Waals surface area contributed by atoms with Gasteiger partial charge in [-0.25, -0.2) is 4.39 Å². The van der Waals surface area contributed by atoms with Crippen LogP contribution in [-0.4, -0.2) is 18.4 Å². The Labute approximate surface area is 133 Å².